The number of imidazole rings is 1. The van der Waals surface area contributed by atoms with E-state index in [4.69, 9.17) is 20.4 Å². The summed E-state index contributed by atoms with van der Waals surface area (Å²) >= 11 is 0. The highest BCUT2D eigenvalue weighted by Gasteiger charge is 2.32. The first-order valence-corrected chi connectivity index (χ1v) is 23.5. The molecule has 1 unspecified atom stereocenters. The largest absolute Gasteiger partial charge is 0.445 e. The van der Waals surface area contributed by atoms with E-state index >= 15 is 0 Å². The number of urea groups is 1. The molecular weight excluding hydrogens is 899 g/mol. The van der Waals surface area contributed by atoms with E-state index in [1.165, 1.54) is 18.5 Å². The number of aryl methyl sites for hydroxylation is 1. The Morgan fingerprint density at radius 2 is 1.69 bits per heavy atom. The van der Waals surface area contributed by atoms with Crippen molar-refractivity contribution in [1.29, 1.82) is 0 Å². The number of fused-ring (bicyclic) bond motifs is 1. The summed E-state index contributed by atoms with van der Waals surface area (Å²) in [6.07, 6.45) is 10.1. The number of carbonyl (C=O) groups is 7. The minimum absolute atomic E-state index is 0.0276. The van der Waals surface area contributed by atoms with Gasteiger partial charge in [0, 0.05) is 60.8 Å². The van der Waals surface area contributed by atoms with Crippen molar-refractivity contribution in [2.24, 2.45) is 11.7 Å². The fourth-order valence-corrected chi connectivity index (χ4v) is 8.09. The van der Waals surface area contributed by atoms with E-state index in [9.17, 15) is 33.6 Å². The van der Waals surface area contributed by atoms with Crippen LogP contribution in [0.5, 0.6) is 0 Å². The van der Waals surface area contributed by atoms with Crippen molar-refractivity contribution >= 4 is 53.0 Å². The summed E-state index contributed by atoms with van der Waals surface area (Å²) in [5.41, 5.74) is 10.7. The molecule has 1 aliphatic heterocycles. The highest BCUT2D eigenvalue weighted by molar-refractivity contribution is 6.12. The topological polar surface area (TPSA) is 281 Å². The van der Waals surface area contributed by atoms with E-state index in [0.29, 0.717) is 59.8 Å². The Kier molecular flexibility index (Phi) is 16.7. The fraction of sp³-hybridized carbons (Fsp3) is 0.408. The van der Waals surface area contributed by atoms with Gasteiger partial charge in [0.2, 0.25) is 17.7 Å². The maximum absolute atomic E-state index is 13.8. The van der Waals surface area contributed by atoms with Crippen molar-refractivity contribution in [2.45, 2.75) is 110 Å². The number of nitrogens with zero attached hydrogens (tertiary/aromatic N) is 7. The van der Waals surface area contributed by atoms with Gasteiger partial charge in [-0.15, -0.1) is 0 Å². The van der Waals surface area contributed by atoms with Gasteiger partial charge in [0.05, 0.1) is 17.9 Å². The van der Waals surface area contributed by atoms with Crippen LogP contribution < -0.4 is 27.0 Å². The second-order valence-corrected chi connectivity index (χ2v) is 17.8. The van der Waals surface area contributed by atoms with Crippen LogP contribution in [0, 0.1) is 12.8 Å². The predicted molar refractivity (Wildman–Crippen MR) is 257 cm³/mol. The molecule has 4 aromatic heterocycles. The summed E-state index contributed by atoms with van der Waals surface area (Å²) in [5.74, 6) is -1.90. The number of nitrogens with two attached hydrogens (primary N) is 1. The Balaban J connectivity index is 0.946. The number of rotatable bonds is 23. The summed E-state index contributed by atoms with van der Waals surface area (Å²) in [4.78, 5) is 109. The molecule has 7 N–H and O–H groups in total. The quantitative estimate of drug-likeness (QED) is 0.0385. The molecule has 8 amide bonds. The molecule has 7 rings (SSSR count). The van der Waals surface area contributed by atoms with Gasteiger partial charge < -0.3 is 36.7 Å². The van der Waals surface area contributed by atoms with Crippen LogP contribution in [-0.4, -0.2) is 112 Å². The normalized spacial score (nSPS) is 14.3. The number of hydrogen-bond acceptors (Lipinski definition) is 12. The minimum Gasteiger partial charge on any atom is -0.445 e. The maximum atomic E-state index is 13.8. The molecule has 0 spiro atoms. The van der Waals surface area contributed by atoms with Crippen LogP contribution in [0.4, 0.5) is 15.3 Å². The molecule has 1 aromatic carbocycles. The number of imide groups is 1. The zero-order valence-corrected chi connectivity index (χ0v) is 39.5. The third-order valence-electron chi connectivity index (χ3n) is 12.2. The van der Waals surface area contributed by atoms with Crippen LogP contribution >= 0.6 is 0 Å². The number of nitrogens with one attached hydrogen (secondary N) is 5. The van der Waals surface area contributed by atoms with Crippen LogP contribution in [-0.2, 0) is 41.9 Å². The number of carbonyl (C=O) groups excluding carboxylic acids is 7. The number of pyridine rings is 2. The fourth-order valence-electron chi connectivity index (χ4n) is 8.09. The third kappa shape index (κ3) is 13.2. The Labute approximate surface area is 404 Å². The van der Waals surface area contributed by atoms with Gasteiger partial charge in [-0.2, -0.15) is 5.10 Å². The number of benzene rings is 1. The number of unbranched alkanes of at least 4 members (excludes halogenated alkanes) is 2. The highest BCUT2D eigenvalue weighted by atomic mass is 16.6. The van der Waals surface area contributed by atoms with Crippen molar-refractivity contribution in [1.82, 2.24) is 55.3 Å². The van der Waals surface area contributed by atoms with Crippen LogP contribution in [0.25, 0.3) is 28.3 Å². The average Bonchev–Trinajstić information content (AvgIpc) is 4.05. The molecule has 0 saturated heterocycles. The van der Waals surface area contributed by atoms with Gasteiger partial charge in [0.1, 0.15) is 36.5 Å². The summed E-state index contributed by atoms with van der Waals surface area (Å²) in [5, 5.41) is 15.2. The van der Waals surface area contributed by atoms with E-state index < -0.39 is 36.0 Å². The monoisotopic (exact) mass is 957 g/mol. The van der Waals surface area contributed by atoms with E-state index in [2.05, 4.69) is 36.3 Å². The minimum atomic E-state index is -1.05. The van der Waals surface area contributed by atoms with Gasteiger partial charge in [-0.05, 0) is 99.7 Å². The Hall–Kier alpha value is -7.97. The van der Waals surface area contributed by atoms with Crippen molar-refractivity contribution in [3.8, 4) is 22.6 Å². The summed E-state index contributed by atoms with van der Waals surface area (Å²) < 4.78 is 7.55. The molecule has 0 bridgehead atoms. The lowest BCUT2D eigenvalue weighted by molar-refractivity contribution is -0.137. The van der Waals surface area contributed by atoms with Crippen LogP contribution in [0.1, 0.15) is 88.7 Å². The maximum Gasteiger partial charge on any atom is 0.410 e. The predicted octanol–water partition coefficient (Wildman–Crippen LogP) is 4.68. The smallest absolute Gasteiger partial charge is 0.410 e. The summed E-state index contributed by atoms with van der Waals surface area (Å²) in [7, 11) is 0. The molecule has 21 nitrogen and oxygen atoms in total. The van der Waals surface area contributed by atoms with Crippen molar-refractivity contribution in [3.63, 3.8) is 0 Å². The molecule has 5 aromatic rings. The third-order valence-corrected chi connectivity index (χ3v) is 12.2. The molecule has 21 heteroatoms. The second kappa shape index (κ2) is 23.4. The number of H-pyrrole nitrogens is 1. The molecule has 1 saturated carbocycles. The van der Waals surface area contributed by atoms with Gasteiger partial charge in [0.15, 0.2) is 5.65 Å². The van der Waals surface area contributed by atoms with Gasteiger partial charge in [-0.3, -0.25) is 38.8 Å². The molecular formula is C49H59N13O8. The van der Waals surface area contributed by atoms with Crippen LogP contribution in [0.3, 0.4) is 0 Å². The van der Waals surface area contributed by atoms with E-state index in [1.807, 2.05) is 43.5 Å². The number of amides is 8. The van der Waals surface area contributed by atoms with Gasteiger partial charge in [0.25, 0.3) is 11.8 Å². The lowest BCUT2D eigenvalue weighted by Crippen LogP contribution is -2.54. The number of aromatic amines is 1. The molecule has 368 valence electrons. The first kappa shape index (κ1) is 49.9. The molecule has 2 atom stereocenters. The number of hydrogen-bond donors (Lipinski definition) is 6. The van der Waals surface area contributed by atoms with Gasteiger partial charge in [-0.1, -0.05) is 38.5 Å². The molecule has 2 aliphatic rings. The number of aromatic nitrogens is 6. The number of anilines is 1. The highest BCUT2D eigenvalue weighted by Crippen LogP contribution is 2.32. The molecule has 70 heavy (non-hydrogen) atoms. The lowest BCUT2D eigenvalue weighted by atomic mass is 9.92. The van der Waals surface area contributed by atoms with E-state index in [1.54, 1.807) is 47.5 Å². The number of ether oxygens (including phenoxy) is 1. The second-order valence-electron chi connectivity index (χ2n) is 17.8. The summed E-state index contributed by atoms with van der Waals surface area (Å²) in [6, 6.07) is 13.6. The van der Waals surface area contributed by atoms with Crippen molar-refractivity contribution in [2.75, 3.05) is 18.4 Å². The molecule has 1 fully saturated rings. The van der Waals surface area contributed by atoms with E-state index in [-0.39, 0.29) is 68.8 Å². The first-order chi connectivity index (χ1) is 33.7. The Morgan fingerprint density at radius 1 is 0.914 bits per heavy atom. The van der Waals surface area contributed by atoms with Crippen molar-refractivity contribution < 1.29 is 38.3 Å². The zero-order chi connectivity index (χ0) is 49.7. The van der Waals surface area contributed by atoms with Crippen LogP contribution in [0.15, 0.2) is 79.3 Å². The SMILES string of the molecule is Cc1cccc(-c2nc(CN(C(=O)OCc3ccc(NC(=O)C(CCCNC(N)=O)NC(=O)[C@@H](NC(=O)CCCCCN4C(=O)C=CC4=O)C(C)C)cc3)C3CCC3)[nH]c2-c2ccc3ncnn3c2)n1. The summed E-state index contributed by atoms with van der Waals surface area (Å²) in [6.45, 7) is 6.02. The van der Waals surface area contributed by atoms with Crippen LogP contribution in [0.2, 0.25) is 0 Å². The lowest BCUT2D eigenvalue weighted by Gasteiger charge is -2.36. The zero-order valence-electron chi connectivity index (χ0n) is 39.5. The first-order valence-electron chi connectivity index (χ1n) is 23.5. The Bertz CT molecular complexity index is 2710. The molecule has 0 radical (unpaired) electrons. The van der Waals surface area contributed by atoms with E-state index in [0.717, 1.165) is 41.1 Å². The average molecular weight is 958 g/mol. The molecule has 1 aliphatic carbocycles. The standard InChI is InChI=1S/C49H59N13O8/c1-30(2)43(59-40(63)15-5-4-6-25-60-41(64)22-23-42(60)65)47(67)56-37(14-9-24-51-48(50)68)46(66)55-34-19-16-32(17-20-34)28-70-49(69)61(35-11-8-12-35)27-38-57-44(33-18-21-39-52-29-53-62(39)26-33)45(58-38)36-13-7-10-31(3)54-36/h7,10,13,16-23,26,29-30,35,37,43H,4-6,8-9,11-12,14-15,24-25,27-28H2,1-3H3,(H,55,66)(H,56,67)(H,57,58)(H,59,63)(H3,50,51,68)/t37?,43-/m0/s1. The Morgan fingerprint density at radius 3 is 2.39 bits per heavy atom. The molecule has 5 heterocycles. The van der Waals surface area contributed by atoms with Crippen molar-refractivity contribution in [3.05, 3.63) is 96.4 Å². The van der Waals surface area contributed by atoms with Gasteiger partial charge >= 0.3 is 12.1 Å². The van der Waals surface area contributed by atoms with Gasteiger partial charge in [-0.25, -0.2) is 24.1 Å². The number of primary amides is 1.